The summed E-state index contributed by atoms with van der Waals surface area (Å²) in [5.74, 6) is -0.424. The lowest BCUT2D eigenvalue weighted by atomic mass is 9.85. The summed E-state index contributed by atoms with van der Waals surface area (Å²) >= 11 is 0. The molecule has 162 valence electrons. The van der Waals surface area contributed by atoms with Gasteiger partial charge in [-0.3, -0.25) is 14.5 Å². The number of nitrogens with one attached hydrogen (secondary N) is 2. The Morgan fingerprint density at radius 2 is 1.90 bits per heavy atom. The van der Waals surface area contributed by atoms with Crippen LogP contribution < -0.4 is 20.1 Å². The molecule has 8 nitrogen and oxygen atoms in total. The molecule has 2 aliphatic heterocycles. The van der Waals surface area contributed by atoms with Gasteiger partial charge in [-0.1, -0.05) is 31.9 Å². The fraction of sp³-hybridized carbons (Fsp3) is 0.318. The van der Waals surface area contributed by atoms with Crippen molar-refractivity contribution in [2.75, 3.05) is 18.7 Å². The number of carbonyl (C=O) groups is 3. The molecule has 2 heterocycles. The molecule has 31 heavy (non-hydrogen) atoms. The van der Waals surface area contributed by atoms with Crippen LogP contribution in [0.4, 0.5) is 14.9 Å². The van der Waals surface area contributed by atoms with Gasteiger partial charge in [-0.25, -0.2) is 9.18 Å². The molecule has 1 saturated heterocycles. The summed E-state index contributed by atoms with van der Waals surface area (Å²) in [6.07, 6.45) is 1.82. The number of amides is 4. The monoisotopic (exact) mass is 427 g/mol. The van der Waals surface area contributed by atoms with Crippen molar-refractivity contribution in [3.63, 3.8) is 0 Å². The SMILES string of the molecule is CCCC[C@]1(c2ccc(F)cc2)NC(=O)N(CC(=O)Nc2ccc3c(c2)OCO3)C1=O. The third-order valence-electron chi connectivity index (χ3n) is 5.38. The number of rotatable bonds is 7. The molecule has 4 rings (SSSR count). The Hall–Kier alpha value is -3.62. The van der Waals surface area contributed by atoms with Crippen LogP contribution in [0.15, 0.2) is 42.5 Å². The summed E-state index contributed by atoms with van der Waals surface area (Å²) in [5.41, 5.74) is -0.378. The van der Waals surface area contributed by atoms with E-state index in [1.165, 1.54) is 24.3 Å². The predicted octanol–water partition coefficient (Wildman–Crippen LogP) is 3.13. The van der Waals surface area contributed by atoms with Crippen LogP contribution in [0.2, 0.25) is 0 Å². The second-order valence-corrected chi connectivity index (χ2v) is 7.45. The maximum Gasteiger partial charge on any atom is 0.325 e. The first kappa shape index (κ1) is 20.6. The number of hydrogen-bond donors (Lipinski definition) is 2. The van der Waals surface area contributed by atoms with Gasteiger partial charge in [0.25, 0.3) is 5.91 Å². The fourth-order valence-corrected chi connectivity index (χ4v) is 3.77. The van der Waals surface area contributed by atoms with Crippen LogP contribution >= 0.6 is 0 Å². The predicted molar refractivity (Wildman–Crippen MR) is 109 cm³/mol. The molecule has 0 radical (unpaired) electrons. The molecule has 2 aromatic rings. The average molecular weight is 427 g/mol. The second kappa shape index (κ2) is 8.25. The van der Waals surface area contributed by atoms with E-state index in [9.17, 15) is 18.8 Å². The number of hydrogen-bond acceptors (Lipinski definition) is 5. The van der Waals surface area contributed by atoms with Crippen LogP contribution in [0, 0.1) is 5.82 Å². The number of imide groups is 1. The number of urea groups is 1. The largest absolute Gasteiger partial charge is 0.454 e. The lowest BCUT2D eigenvalue weighted by Crippen LogP contribution is -2.44. The molecule has 0 aromatic heterocycles. The third kappa shape index (κ3) is 3.90. The molecular formula is C22H22FN3O5. The highest BCUT2D eigenvalue weighted by molar-refractivity contribution is 6.10. The van der Waals surface area contributed by atoms with Crippen LogP contribution in [0.3, 0.4) is 0 Å². The smallest absolute Gasteiger partial charge is 0.325 e. The van der Waals surface area contributed by atoms with E-state index in [1.807, 2.05) is 6.92 Å². The topological polar surface area (TPSA) is 97.0 Å². The van der Waals surface area contributed by atoms with Crippen molar-refractivity contribution in [2.45, 2.75) is 31.7 Å². The van der Waals surface area contributed by atoms with E-state index in [0.29, 0.717) is 35.6 Å². The number of unbranched alkanes of at least 4 members (excludes halogenated alkanes) is 1. The first-order valence-electron chi connectivity index (χ1n) is 10.0. The van der Waals surface area contributed by atoms with E-state index in [2.05, 4.69) is 10.6 Å². The van der Waals surface area contributed by atoms with Gasteiger partial charge >= 0.3 is 6.03 Å². The highest BCUT2D eigenvalue weighted by Crippen LogP contribution is 2.35. The number of anilines is 1. The Balaban J connectivity index is 1.52. The number of carbonyl (C=O) groups excluding carboxylic acids is 3. The van der Waals surface area contributed by atoms with E-state index >= 15 is 0 Å². The van der Waals surface area contributed by atoms with Crippen LogP contribution in [0.1, 0.15) is 31.7 Å². The van der Waals surface area contributed by atoms with Crippen LogP contribution in [0.25, 0.3) is 0 Å². The minimum absolute atomic E-state index is 0.110. The molecule has 1 fully saturated rings. The number of benzene rings is 2. The minimum atomic E-state index is -1.32. The van der Waals surface area contributed by atoms with Crippen molar-refractivity contribution in [1.29, 1.82) is 0 Å². The molecule has 0 aliphatic carbocycles. The summed E-state index contributed by atoms with van der Waals surface area (Å²) in [7, 11) is 0. The first-order chi connectivity index (χ1) is 14.9. The van der Waals surface area contributed by atoms with Crippen LogP contribution in [-0.4, -0.2) is 36.1 Å². The Morgan fingerprint density at radius 1 is 1.16 bits per heavy atom. The van der Waals surface area contributed by atoms with Crippen molar-refractivity contribution >= 4 is 23.5 Å². The van der Waals surface area contributed by atoms with Gasteiger partial charge in [0.1, 0.15) is 17.9 Å². The Bertz CT molecular complexity index is 1030. The Labute approximate surface area is 178 Å². The molecule has 1 atom stereocenters. The molecule has 2 aliphatic rings. The molecule has 4 amide bonds. The summed E-state index contributed by atoms with van der Waals surface area (Å²) in [4.78, 5) is 39.4. The maximum atomic E-state index is 13.4. The molecule has 9 heteroatoms. The molecule has 0 spiro atoms. The van der Waals surface area contributed by atoms with Gasteiger partial charge < -0.3 is 20.1 Å². The zero-order chi connectivity index (χ0) is 22.0. The van der Waals surface area contributed by atoms with Gasteiger partial charge in [-0.15, -0.1) is 0 Å². The summed E-state index contributed by atoms with van der Waals surface area (Å²) in [6, 6.07) is 9.72. The third-order valence-corrected chi connectivity index (χ3v) is 5.38. The number of fused-ring (bicyclic) bond motifs is 1. The van der Waals surface area contributed by atoms with Crippen LogP contribution in [-0.2, 0) is 15.1 Å². The number of halogens is 1. The average Bonchev–Trinajstić information content (AvgIpc) is 3.31. The van der Waals surface area contributed by atoms with E-state index in [1.54, 1.807) is 18.2 Å². The Morgan fingerprint density at radius 3 is 2.65 bits per heavy atom. The van der Waals surface area contributed by atoms with Crippen LogP contribution in [0.5, 0.6) is 11.5 Å². The van der Waals surface area contributed by atoms with Crippen molar-refractivity contribution < 1.29 is 28.2 Å². The van der Waals surface area contributed by atoms with Gasteiger partial charge in [0, 0.05) is 11.8 Å². The van der Waals surface area contributed by atoms with Gasteiger partial charge in [-0.2, -0.15) is 0 Å². The zero-order valence-electron chi connectivity index (χ0n) is 16.9. The van der Waals surface area contributed by atoms with Crippen molar-refractivity contribution in [2.24, 2.45) is 0 Å². The first-order valence-corrected chi connectivity index (χ1v) is 10.0. The molecule has 2 aromatic carbocycles. The summed E-state index contributed by atoms with van der Waals surface area (Å²) in [5, 5.41) is 5.40. The number of nitrogens with zero attached hydrogens (tertiary/aromatic N) is 1. The molecule has 0 bridgehead atoms. The standard InChI is InChI=1S/C22H22FN3O5/c1-2-3-10-22(14-4-6-15(23)7-5-14)20(28)26(21(29)25-22)12-19(27)24-16-8-9-17-18(11-16)31-13-30-17/h4-9,11H,2-3,10,12-13H2,1H3,(H,24,27)(H,25,29)/t22-/m1/s1. The lowest BCUT2D eigenvalue weighted by molar-refractivity contribution is -0.134. The van der Waals surface area contributed by atoms with E-state index in [0.717, 1.165) is 11.3 Å². The normalized spacial score (nSPS) is 19.5. The van der Waals surface area contributed by atoms with E-state index in [-0.39, 0.29) is 6.79 Å². The highest BCUT2D eigenvalue weighted by atomic mass is 19.1. The summed E-state index contributed by atoms with van der Waals surface area (Å²) < 4.78 is 23.9. The molecule has 2 N–H and O–H groups in total. The quantitative estimate of drug-likeness (QED) is 0.662. The van der Waals surface area contributed by atoms with Gasteiger partial charge in [0.15, 0.2) is 11.5 Å². The fourth-order valence-electron chi connectivity index (χ4n) is 3.77. The van der Waals surface area contributed by atoms with E-state index in [4.69, 9.17) is 9.47 Å². The van der Waals surface area contributed by atoms with E-state index < -0.39 is 35.7 Å². The maximum absolute atomic E-state index is 13.4. The minimum Gasteiger partial charge on any atom is -0.454 e. The van der Waals surface area contributed by atoms with Gasteiger partial charge in [0.2, 0.25) is 12.7 Å². The second-order valence-electron chi connectivity index (χ2n) is 7.45. The lowest BCUT2D eigenvalue weighted by Gasteiger charge is -2.27. The number of ether oxygens (including phenoxy) is 2. The van der Waals surface area contributed by atoms with Gasteiger partial charge in [-0.05, 0) is 36.2 Å². The zero-order valence-corrected chi connectivity index (χ0v) is 16.9. The van der Waals surface area contributed by atoms with Crippen molar-refractivity contribution in [1.82, 2.24) is 10.2 Å². The summed E-state index contributed by atoms with van der Waals surface area (Å²) in [6.45, 7) is 1.63. The van der Waals surface area contributed by atoms with Crippen molar-refractivity contribution in [3.8, 4) is 11.5 Å². The highest BCUT2D eigenvalue weighted by Gasteiger charge is 2.52. The molecule has 0 unspecified atom stereocenters. The van der Waals surface area contributed by atoms with Crippen molar-refractivity contribution in [3.05, 3.63) is 53.8 Å². The molecular weight excluding hydrogens is 405 g/mol. The molecule has 0 saturated carbocycles. The van der Waals surface area contributed by atoms with Gasteiger partial charge in [0.05, 0.1) is 0 Å². The Kier molecular flexibility index (Phi) is 5.50.